The highest BCUT2D eigenvalue weighted by molar-refractivity contribution is 5.94. The summed E-state index contributed by atoms with van der Waals surface area (Å²) in [6.45, 7) is 8.15. The fourth-order valence-corrected chi connectivity index (χ4v) is 2.03. The second kappa shape index (κ2) is 9.67. The number of anilines is 1. The average Bonchev–Trinajstić information content (AvgIpc) is 2.50. The molecule has 0 radical (unpaired) electrons. The number of likely N-dealkylation sites (N-methyl/N-ethyl adjacent to an activating group) is 1. The highest BCUT2D eigenvalue weighted by Crippen LogP contribution is 2.14. The van der Waals surface area contributed by atoms with Gasteiger partial charge < -0.3 is 10.1 Å². The van der Waals surface area contributed by atoms with Crippen LogP contribution >= 0.6 is 0 Å². The summed E-state index contributed by atoms with van der Waals surface area (Å²) >= 11 is 0. The van der Waals surface area contributed by atoms with Crippen LogP contribution in [0.3, 0.4) is 0 Å². The Bertz CT molecular complexity index is 601. The van der Waals surface area contributed by atoms with E-state index < -0.39 is 12.0 Å². The van der Waals surface area contributed by atoms with E-state index in [1.54, 1.807) is 11.8 Å². The summed E-state index contributed by atoms with van der Waals surface area (Å²) in [6.07, 6.45) is -0.780. The first-order valence-corrected chi connectivity index (χ1v) is 7.91. The van der Waals surface area contributed by atoms with Crippen molar-refractivity contribution in [3.63, 3.8) is 0 Å². The van der Waals surface area contributed by atoms with E-state index in [2.05, 4.69) is 15.4 Å². The third-order valence-electron chi connectivity index (χ3n) is 3.49. The van der Waals surface area contributed by atoms with Gasteiger partial charge in [-0.05, 0) is 50.6 Å². The summed E-state index contributed by atoms with van der Waals surface area (Å²) < 4.78 is 4.64. The first-order chi connectivity index (χ1) is 11.3. The van der Waals surface area contributed by atoms with Crippen LogP contribution in [0.15, 0.2) is 18.2 Å². The number of imide groups is 1. The molecule has 2 N–H and O–H groups in total. The summed E-state index contributed by atoms with van der Waals surface area (Å²) in [7, 11) is 0. The van der Waals surface area contributed by atoms with Gasteiger partial charge in [-0.1, -0.05) is 13.0 Å². The highest BCUT2D eigenvalue weighted by atomic mass is 16.5. The van der Waals surface area contributed by atoms with Crippen molar-refractivity contribution in [1.29, 1.82) is 0 Å². The van der Waals surface area contributed by atoms with Crippen molar-refractivity contribution in [3.8, 4) is 0 Å². The summed E-state index contributed by atoms with van der Waals surface area (Å²) in [6, 6.07) is 5.68. The van der Waals surface area contributed by atoms with Crippen LogP contribution in [0.4, 0.5) is 10.5 Å². The first kappa shape index (κ1) is 19.6. The normalized spacial score (nSPS) is 10.4. The molecule has 1 rings (SSSR count). The third kappa shape index (κ3) is 6.78. The second-order valence-electron chi connectivity index (χ2n) is 5.42. The highest BCUT2D eigenvalue weighted by Gasteiger charge is 2.15. The number of benzene rings is 1. The zero-order valence-corrected chi connectivity index (χ0v) is 14.6. The van der Waals surface area contributed by atoms with Crippen LogP contribution in [0.1, 0.15) is 25.0 Å². The number of nitrogens with one attached hydrogen (secondary N) is 2. The largest absolute Gasteiger partial charge is 0.450 e. The monoisotopic (exact) mass is 335 g/mol. The zero-order valence-electron chi connectivity index (χ0n) is 14.6. The summed E-state index contributed by atoms with van der Waals surface area (Å²) in [4.78, 5) is 36.7. The van der Waals surface area contributed by atoms with Crippen molar-refractivity contribution in [1.82, 2.24) is 10.2 Å². The standard InChI is InChI=1S/C17H25N3O4/c1-5-20(11-16(22)19-17(23)24-6-2)10-15(21)18-14-8-7-12(3)13(4)9-14/h7-9H,5-6,10-11H2,1-4H3,(H,18,21)(H,19,22,23). The van der Waals surface area contributed by atoms with Gasteiger partial charge in [0.1, 0.15) is 0 Å². The van der Waals surface area contributed by atoms with Crippen molar-refractivity contribution in [2.75, 3.05) is 31.6 Å². The number of ether oxygens (including phenoxy) is 1. The van der Waals surface area contributed by atoms with Crippen LogP contribution in [0, 0.1) is 13.8 Å². The Balaban J connectivity index is 2.51. The Labute approximate surface area is 142 Å². The number of alkyl carbamates (subject to hydrolysis) is 1. The van der Waals surface area contributed by atoms with Gasteiger partial charge in [0.25, 0.3) is 0 Å². The van der Waals surface area contributed by atoms with Gasteiger partial charge in [-0.25, -0.2) is 4.79 Å². The van der Waals surface area contributed by atoms with Crippen LogP contribution < -0.4 is 10.6 Å². The summed E-state index contributed by atoms with van der Waals surface area (Å²) in [5, 5.41) is 4.91. The van der Waals surface area contributed by atoms with Gasteiger partial charge in [-0.3, -0.25) is 19.8 Å². The van der Waals surface area contributed by atoms with E-state index in [-0.39, 0.29) is 25.6 Å². The molecule has 7 nitrogen and oxygen atoms in total. The lowest BCUT2D eigenvalue weighted by Gasteiger charge is -2.19. The number of hydrogen-bond acceptors (Lipinski definition) is 5. The molecule has 0 aliphatic heterocycles. The average molecular weight is 335 g/mol. The maximum Gasteiger partial charge on any atom is 0.413 e. The van der Waals surface area contributed by atoms with Crippen LogP contribution in [-0.2, 0) is 14.3 Å². The molecule has 1 aromatic rings. The van der Waals surface area contributed by atoms with E-state index in [0.717, 1.165) is 16.8 Å². The molecule has 1 aromatic carbocycles. The van der Waals surface area contributed by atoms with E-state index in [1.807, 2.05) is 39.0 Å². The molecule has 3 amide bonds. The molecule has 0 saturated heterocycles. The molecule has 0 unspecified atom stereocenters. The van der Waals surface area contributed by atoms with E-state index in [1.165, 1.54) is 0 Å². The lowest BCUT2D eigenvalue weighted by Crippen LogP contribution is -2.43. The zero-order chi connectivity index (χ0) is 18.1. The molecule has 0 spiro atoms. The number of carbonyl (C=O) groups excluding carboxylic acids is 3. The summed E-state index contributed by atoms with van der Waals surface area (Å²) in [5.74, 6) is -0.724. The van der Waals surface area contributed by atoms with Crippen LogP contribution in [-0.4, -0.2) is 49.0 Å². The van der Waals surface area contributed by atoms with Crippen molar-refractivity contribution in [2.45, 2.75) is 27.7 Å². The Hall–Kier alpha value is -2.41. The summed E-state index contributed by atoms with van der Waals surface area (Å²) in [5.41, 5.74) is 2.96. The molecule has 0 bridgehead atoms. The van der Waals surface area contributed by atoms with E-state index in [0.29, 0.717) is 6.54 Å². The molecule has 0 heterocycles. The van der Waals surface area contributed by atoms with Gasteiger partial charge in [0.2, 0.25) is 11.8 Å². The van der Waals surface area contributed by atoms with E-state index in [9.17, 15) is 14.4 Å². The number of amides is 3. The molecular weight excluding hydrogens is 310 g/mol. The Morgan fingerprint density at radius 2 is 1.71 bits per heavy atom. The number of rotatable bonds is 7. The third-order valence-corrected chi connectivity index (χ3v) is 3.49. The van der Waals surface area contributed by atoms with Crippen molar-refractivity contribution < 1.29 is 19.1 Å². The van der Waals surface area contributed by atoms with E-state index in [4.69, 9.17) is 0 Å². The Morgan fingerprint density at radius 1 is 1.04 bits per heavy atom. The molecule has 0 atom stereocenters. The molecular formula is C17H25N3O4. The number of carbonyl (C=O) groups is 3. The Morgan fingerprint density at radius 3 is 2.29 bits per heavy atom. The lowest BCUT2D eigenvalue weighted by atomic mass is 10.1. The maximum absolute atomic E-state index is 12.1. The number of nitrogens with zero attached hydrogens (tertiary/aromatic N) is 1. The quantitative estimate of drug-likeness (QED) is 0.794. The molecule has 7 heteroatoms. The molecule has 0 saturated carbocycles. The fourth-order valence-electron chi connectivity index (χ4n) is 2.03. The van der Waals surface area contributed by atoms with E-state index >= 15 is 0 Å². The van der Waals surface area contributed by atoms with Gasteiger partial charge >= 0.3 is 6.09 Å². The lowest BCUT2D eigenvalue weighted by molar-refractivity contribution is -0.122. The van der Waals surface area contributed by atoms with Crippen LogP contribution in [0.25, 0.3) is 0 Å². The molecule has 24 heavy (non-hydrogen) atoms. The fraction of sp³-hybridized carbons (Fsp3) is 0.471. The van der Waals surface area contributed by atoms with Gasteiger partial charge in [0.05, 0.1) is 19.7 Å². The molecule has 0 aliphatic rings. The minimum absolute atomic E-state index is 0.0552. The number of hydrogen-bond donors (Lipinski definition) is 2. The van der Waals surface area contributed by atoms with Gasteiger partial charge in [-0.15, -0.1) is 0 Å². The van der Waals surface area contributed by atoms with Crippen molar-refractivity contribution in [3.05, 3.63) is 29.3 Å². The van der Waals surface area contributed by atoms with Gasteiger partial charge in [-0.2, -0.15) is 0 Å². The van der Waals surface area contributed by atoms with Crippen molar-refractivity contribution >= 4 is 23.6 Å². The predicted octanol–water partition coefficient (Wildman–Crippen LogP) is 1.84. The minimum Gasteiger partial charge on any atom is -0.450 e. The van der Waals surface area contributed by atoms with Crippen LogP contribution in [0.5, 0.6) is 0 Å². The minimum atomic E-state index is -0.780. The first-order valence-electron chi connectivity index (χ1n) is 7.91. The second-order valence-corrected chi connectivity index (χ2v) is 5.42. The SMILES string of the molecule is CCOC(=O)NC(=O)CN(CC)CC(=O)Nc1ccc(C)c(C)c1. The molecule has 132 valence electrons. The van der Waals surface area contributed by atoms with Gasteiger partial charge in [0, 0.05) is 5.69 Å². The van der Waals surface area contributed by atoms with Crippen molar-refractivity contribution in [2.24, 2.45) is 0 Å². The topological polar surface area (TPSA) is 87.7 Å². The smallest absolute Gasteiger partial charge is 0.413 e. The maximum atomic E-state index is 12.1. The number of aryl methyl sites for hydroxylation is 2. The molecule has 0 aliphatic carbocycles. The predicted molar refractivity (Wildman–Crippen MR) is 91.8 cm³/mol. The molecule has 0 aromatic heterocycles. The van der Waals surface area contributed by atoms with Crippen LogP contribution in [0.2, 0.25) is 0 Å². The Kier molecular flexibility index (Phi) is 7.91. The molecule has 0 fully saturated rings. The van der Waals surface area contributed by atoms with Gasteiger partial charge in [0.15, 0.2) is 0 Å².